The van der Waals surface area contributed by atoms with Crippen molar-refractivity contribution in [2.24, 2.45) is 0 Å². The predicted octanol–water partition coefficient (Wildman–Crippen LogP) is 6.66. The number of hydrogen-bond acceptors (Lipinski definition) is 4. The summed E-state index contributed by atoms with van der Waals surface area (Å²) in [5.41, 5.74) is 5.18. The molecular formula is C27H27N3OS. The zero-order chi connectivity index (χ0) is 22.7. The van der Waals surface area contributed by atoms with E-state index in [-0.39, 0.29) is 11.3 Å². The molecule has 0 saturated carbocycles. The van der Waals surface area contributed by atoms with E-state index in [1.165, 1.54) is 5.56 Å². The van der Waals surface area contributed by atoms with Crippen LogP contribution in [0.3, 0.4) is 0 Å². The summed E-state index contributed by atoms with van der Waals surface area (Å²) in [4.78, 5) is 23.0. The zero-order valence-electron chi connectivity index (χ0n) is 18.8. The number of benzene rings is 2. The lowest BCUT2D eigenvalue weighted by Gasteiger charge is -2.13. The summed E-state index contributed by atoms with van der Waals surface area (Å²) in [5, 5.41) is 4.02. The van der Waals surface area contributed by atoms with Crippen LogP contribution in [0.15, 0.2) is 72.9 Å². The van der Waals surface area contributed by atoms with Crippen molar-refractivity contribution in [1.29, 1.82) is 0 Å². The van der Waals surface area contributed by atoms with Gasteiger partial charge in [0.15, 0.2) is 0 Å². The number of thiazole rings is 1. The van der Waals surface area contributed by atoms with Crippen LogP contribution in [0.25, 0.3) is 21.7 Å². The molecule has 1 N–H and O–H groups in total. The van der Waals surface area contributed by atoms with Crippen LogP contribution in [-0.2, 0) is 16.6 Å². The molecular weight excluding hydrogens is 414 g/mol. The van der Waals surface area contributed by atoms with Crippen molar-refractivity contribution >= 4 is 23.1 Å². The van der Waals surface area contributed by atoms with Crippen LogP contribution in [0.5, 0.6) is 0 Å². The standard InChI is InChI=1S/C27H27N3OS/c1-18-9-8-12-20(15-18)24-25(32-26(30-24)27(2,3)4)21-13-14-28-22(17-21)29-23(31)16-19-10-6-5-7-11-19/h5-15,17H,16H2,1-4H3,(H,28,29,31). The Kier molecular flexibility index (Phi) is 6.19. The first-order valence-electron chi connectivity index (χ1n) is 10.7. The largest absolute Gasteiger partial charge is 0.310 e. The monoisotopic (exact) mass is 441 g/mol. The maximum Gasteiger partial charge on any atom is 0.229 e. The van der Waals surface area contributed by atoms with E-state index in [1.54, 1.807) is 17.5 Å². The lowest BCUT2D eigenvalue weighted by Crippen LogP contribution is -2.15. The summed E-state index contributed by atoms with van der Waals surface area (Å²) in [5.74, 6) is 0.462. The fourth-order valence-electron chi connectivity index (χ4n) is 3.43. The van der Waals surface area contributed by atoms with E-state index in [0.29, 0.717) is 12.2 Å². The molecule has 0 fully saturated rings. The minimum absolute atomic E-state index is 0.0543. The summed E-state index contributed by atoms with van der Waals surface area (Å²) in [7, 11) is 0. The molecule has 0 saturated heterocycles. The molecule has 2 aromatic heterocycles. The number of amides is 1. The Balaban J connectivity index is 1.67. The van der Waals surface area contributed by atoms with E-state index in [1.807, 2.05) is 42.5 Å². The van der Waals surface area contributed by atoms with Crippen LogP contribution in [0, 0.1) is 6.92 Å². The van der Waals surface area contributed by atoms with E-state index in [0.717, 1.165) is 32.3 Å². The number of pyridine rings is 1. The highest BCUT2D eigenvalue weighted by atomic mass is 32.1. The minimum Gasteiger partial charge on any atom is -0.310 e. The quantitative estimate of drug-likeness (QED) is 0.377. The summed E-state index contributed by atoms with van der Waals surface area (Å²) < 4.78 is 0. The van der Waals surface area contributed by atoms with Gasteiger partial charge in [0, 0.05) is 17.2 Å². The van der Waals surface area contributed by atoms with Crippen LogP contribution >= 0.6 is 11.3 Å². The Morgan fingerprint density at radius 1 is 0.969 bits per heavy atom. The van der Waals surface area contributed by atoms with Crippen molar-refractivity contribution in [3.8, 4) is 21.7 Å². The molecule has 0 radical (unpaired) electrons. The van der Waals surface area contributed by atoms with Crippen molar-refractivity contribution in [2.45, 2.75) is 39.5 Å². The Hall–Kier alpha value is -3.31. The molecule has 4 rings (SSSR count). The molecule has 32 heavy (non-hydrogen) atoms. The van der Waals surface area contributed by atoms with Crippen molar-refractivity contribution in [3.05, 3.63) is 89.1 Å². The van der Waals surface area contributed by atoms with Gasteiger partial charge >= 0.3 is 0 Å². The third-order valence-corrected chi connectivity index (χ3v) is 6.59. The highest BCUT2D eigenvalue weighted by Gasteiger charge is 2.23. The number of aryl methyl sites for hydroxylation is 1. The summed E-state index contributed by atoms with van der Waals surface area (Å²) in [6, 6.07) is 22.0. The molecule has 0 spiro atoms. The predicted molar refractivity (Wildman–Crippen MR) is 133 cm³/mol. The Morgan fingerprint density at radius 3 is 2.47 bits per heavy atom. The van der Waals surface area contributed by atoms with Crippen LogP contribution in [0.4, 0.5) is 5.82 Å². The number of nitrogens with one attached hydrogen (secondary N) is 1. The lowest BCUT2D eigenvalue weighted by atomic mass is 9.98. The number of aromatic nitrogens is 2. The normalized spacial score (nSPS) is 11.4. The molecule has 4 nitrogen and oxygen atoms in total. The maximum absolute atomic E-state index is 12.5. The number of hydrogen-bond donors (Lipinski definition) is 1. The van der Waals surface area contributed by atoms with Gasteiger partial charge in [0.2, 0.25) is 5.91 Å². The molecule has 0 atom stereocenters. The lowest BCUT2D eigenvalue weighted by molar-refractivity contribution is -0.115. The second-order valence-electron chi connectivity index (χ2n) is 8.96. The average Bonchev–Trinajstić information content (AvgIpc) is 3.21. The maximum atomic E-state index is 12.5. The molecule has 4 aromatic rings. The molecule has 5 heteroatoms. The summed E-state index contributed by atoms with van der Waals surface area (Å²) in [6.07, 6.45) is 2.06. The fraction of sp³-hybridized carbons (Fsp3) is 0.222. The van der Waals surface area contributed by atoms with E-state index in [4.69, 9.17) is 4.98 Å². The molecule has 0 bridgehead atoms. The number of anilines is 1. The molecule has 162 valence electrons. The van der Waals surface area contributed by atoms with E-state index in [2.05, 4.69) is 62.3 Å². The van der Waals surface area contributed by atoms with Gasteiger partial charge in [0.25, 0.3) is 0 Å². The topological polar surface area (TPSA) is 54.9 Å². The van der Waals surface area contributed by atoms with E-state index < -0.39 is 0 Å². The summed E-state index contributed by atoms with van der Waals surface area (Å²) >= 11 is 1.70. The second kappa shape index (κ2) is 9.05. The fourth-order valence-corrected chi connectivity index (χ4v) is 4.57. The van der Waals surface area contributed by atoms with Crippen LogP contribution in [-0.4, -0.2) is 15.9 Å². The van der Waals surface area contributed by atoms with Gasteiger partial charge in [0.1, 0.15) is 5.82 Å². The van der Waals surface area contributed by atoms with Crippen molar-refractivity contribution in [2.75, 3.05) is 5.32 Å². The third-order valence-electron chi connectivity index (χ3n) is 5.06. The molecule has 0 aliphatic heterocycles. The molecule has 0 aliphatic carbocycles. The van der Waals surface area contributed by atoms with Crippen LogP contribution < -0.4 is 5.32 Å². The highest BCUT2D eigenvalue weighted by molar-refractivity contribution is 7.15. The smallest absolute Gasteiger partial charge is 0.229 e. The first-order valence-corrected chi connectivity index (χ1v) is 11.5. The van der Waals surface area contributed by atoms with E-state index in [9.17, 15) is 4.79 Å². The van der Waals surface area contributed by atoms with Crippen molar-refractivity contribution < 1.29 is 4.79 Å². The van der Waals surface area contributed by atoms with Gasteiger partial charge in [-0.3, -0.25) is 4.79 Å². The van der Waals surface area contributed by atoms with Gasteiger partial charge in [-0.15, -0.1) is 11.3 Å². The van der Waals surface area contributed by atoms with Gasteiger partial charge in [0.05, 0.1) is 22.0 Å². The van der Waals surface area contributed by atoms with Gasteiger partial charge in [-0.1, -0.05) is 74.9 Å². The van der Waals surface area contributed by atoms with Gasteiger partial charge in [-0.25, -0.2) is 9.97 Å². The van der Waals surface area contributed by atoms with Gasteiger partial charge in [-0.05, 0) is 36.2 Å². The van der Waals surface area contributed by atoms with Gasteiger partial charge < -0.3 is 5.32 Å². The molecule has 0 unspecified atom stereocenters. The molecule has 2 aromatic carbocycles. The molecule has 1 amide bonds. The van der Waals surface area contributed by atoms with Crippen LogP contribution in [0.2, 0.25) is 0 Å². The first kappa shape index (κ1) is 21.9. The number of rotatable bonds is 5. The molecule has 0 aliphatic rings. The Morgan fingerprint density at radius 2 is 1.75 bits per heavy atom. The second-order valence-corrected chi connectivity index (χ2v) is 9.96. The summed E-state index contributed by atoms with van der Waals surface area (Å²) in [6.45, 7) is 8.62. The number of carbonyl (C=O) groups is 1. The first-order chi connectivity index (χ1) is 15.3. The van der Waals surface area contributed by atoms with Crippen molar-refractivity contribution in [1.82, 2.24) is 9.97 Å². The van der Waals surface area contributed by atoms with Gasteiger partial charge in [-0.2, -0.15) is 0 Å². The average molecular weight is 442 g/mol. The Labute approximate surface area is 193 Å². The van der Waals surface area contributed by atoms with E-state index >= 15 is 0 Å². The Bertz CT molecular complexity index is 1240. The minimum atomic E-state index is -0.0838. The van der Waals surface area contributed by atoms with Crippen molar-refractivity contribution in [3.63, 3.8) is 0 Å². The number of carbonyl (C=O) groups excluding carboxylic acids is 1. The number of nitrogens with zero attached hydrogens (tertiary/aromatic N) is 2. The molecule has 2 heterocycles. The third kappa shape index (κ3) is 5.11. The van der Waals surface area contributed by atoms with Crippen LogP contribution in [0.1, 0.15) is 36.9 Å². The zero-order valence-corrected chi connectivity index (χ0v) is 19.7. The SMILES string of the molecule is Cc1cccc(-c2nc(C(C)(C)C)sc2-c2ccnc(NC(=O)Cc3ccccc3)c2)c1. The highest BCUT2D eigenvalue weighted by Crippen LogP contribution is 2.41.